The second-order valence-corrected chi connectivity index (χ2v) is 7.05. The monoisotopic (exact) mass is 285 g/mol. The van der Waals surface area contributed by atoms with Gasteiger partial charge in [0.25, 0.3) is 0 Å². The van der Waals surface area contributed by atoms with E-state index in [1.165, 1.54) is 0 Å². The van der Waals surface area contributed by atoms with E-state index in [2.05, 4.69) is 28.2 Å². The van der Waals surface area contributed by atoms with E-state index in [1.807, 2.05) is 0 Å². The molecule has 0 aromatic carbocycles. The molecule has 1 unspecified atom stereocenters. The molecular weight excluding hydrogens is 266 g/mol. The molecule has 0 aromatic rings. The van der Waals surface area contributed by atoms with Gasteiger partial charge in [0.1, 0.15) is 0 Å². The smallest absolute Gasteiger partial charge is 0.151 e. The molecule has 1 N–H and O–H groups in total. The largest absolute Gasteiger partial charge is 0.316 e. The summed E-state index contributed by atoms with van der Waals surface area (Å²) in [4.78, 5) is 0.540. The molecular formula is C9H20BrNO2S. The minimum atomic E-state index is -2.80. The average Bonchev–Trinajstić information content (AvgIpc) is 2.17. The summed E-state index contributed by atoms with van der Waals surface area (Å²) in [5, 5.41) is 3.13. The number of hydrogen-bond donors (Lipinski definition) is 1. The van der Waals surface area contributed by atoms with Gasteiger partial charge in [0.15, 0.2) is 9.84 Å². The third-order valence-electron chi connectivity index (χ3n) is 2.11. The summed E-state index contributed by atoms with van der Waals surface area (Å²) in [6.07, 6.45) is 2.15. The molecule has 0 aromatic heterocycles. The second kappa shape index (κ2) is 7.65. The Labute approximate surface area is 95.7 Å². The van der Waals surface area contributed by atoms with Gasteiger partial charge in [-0.2, -0.15) is 0 Å². The number of halogens is 1. The molecule has 0 rings (SSSR count). The maximum Gasteiger partial charge on any atom is 0.151 e. The lowest BCUT2D eigenvalue weighted by Crippen LogP contribution is -2.25. The van der Waals surface area contributed by atoms with Gasteiger partial charge in [-0.25, -0.2) is 8.42 Å². The van der Waals surface area contributed by atoms with Crippen molar-refractivity contribution in [1.29, 1.82) is 0 Å². The zero-order valence-electron chi connectivity index (χ0n) is 8.92. The SMILES string of the molecule is CCC(Br)CCNCCS(=O)(=O)CC. The topological polar surface area (TPSA) is 46.2 Å². The van der Waals surface area contributed by atoms with Crippen molar-refractivity contribution in [2.45, 2.75) is 31.5 Å². The molecule has 0 saturated carbocycles. The van der Waals surface area contributed by atoms with Crippen LogP contribution >= 0.6 is 15.9 Å². The molecule has 1 atom stereocenters. The fourth-order valence-corrected chi connectivity index (χ4v) is 1.93. The fraction of sp³-hybridized carbons (Fsp3) is 1.00. The molecule has 0 fully saturated rings. The minimum Gasteiger partial charge on any atom is -0.316 e. The summed E-state index contributed by atoms with van der Waals surface area (Å²) < 4.78 is 22.2. The highest BCUT2D eigenvalue weighted by molar-refractivity contribution is 9.09. The zero-order valence-corrected chi connectivity index (χ0v) is 11.3. The number of sulfone groups is 1. The van der Waals surface area contributed by atoms with Gasteiger partial charge >= 0.3 is 0 Å². The second-order valence-electron chi connectivity index (χ2n) is 3.28. The first-order valence-corrected chi connectivity index (χ1v) is 7.80. The van der Waals surface area contributed by atoms with Crippen LogP contribution in [0.4, 0.5) is 0 Å². The lowest BCUT2D eigenvalue weighted by atomic mass is 10.2. The predicted octanol–water partition coefficient (Wildman–Crippen LogP) is 1.57. The van der Waals surface area contributed by atoms with Gasteiger partial charge in [-0.15, -0.1) is 0 Å². The summed E-state index contributed by atoms with van der Waals surface area (Å²) in [7, 11) is -2.80. The van der Waals surface area contributed by atoms with Crippen LogP contribution in [0.3, 0.4) is 0 Å². The van der Waals surface area contributed by atoms with Crippen LogP contribution in [-0.4, -0.2) is 37.8 Å². The predicted molar refractivity (Wildman–Crippen MR) is 64.8 cm³/mol. The number of hydrogen-bond acceptors (Lipinski definition) is 3. The van der Waals surface area contributed by atoms with Gasteiger partial charge in [0.2, 0.25) is 0 Å². The Bertz CT molecular complexity index is 229. The fourth-order valence-electron chi connectivity index (χ4n) is 0.960. The zero-order chi connectivity index (χ0) is 11.0. The van der Waals surface area contributed by atoms with Crippen LogP contribution in [0.25, 0.3) is 0 Å². The van der Waals surface area contributed by atoms with E-state index >= 15 is 0 Å². The van der Waals surface area contributed by atoms with Crippen LogP contribution < -0.4 is 5.32 Å². The lowest BCUT2D eigenvalue weighted by Gasteiger charge is -2.07. The van der Waals surface area contributed by atoms with E-state index in [0.717, 1.165) is 19.4 Å². The number of alkyl halides is 1. The molecule has 0 radical (unpaired) electrons. The third kappa shape index (κ3) is 7.76. The Morgan fingerprint density at radius 2 is 1.93 bits per heavy atom. The van der Waals surface area contributed by atoms with Crippen LogP contribution in [0.5, 0.6) is 0 Å². The highest BCUT2D eigenvalue weighted by Crippen LogP contribution is 2.07. The molecule has 0 amide bonds. The van der Waals surface area contributed by atoms with Crippen molar-refractivity contribution in [2.75, 3.05) is 24.6 Å². The normalized spacial score (nSPS) is 14.2. The first-order valence-electron chi connectivity index (χ1n) is 5.07. The molecule has 3 nitrogen and oxygen atoms in total. The summed E-state index contributed by atoms with van der Waals surface area (Å²) in [6, 6.07) is 0. The Morgan fingerprint density at radius 3 is 2.43 bits per heavy atom. The molecule has 0 saturated heterocycles. The first-order chi connectivity index (χ1) is 6.52. The van der Waals surface area contributed by atoms with E-state index in [9.17, 15) is 8.42 Å². The molecule has 0 aliphatic rings. The first kappa shape index (κ1) is 14.4. The van der Waals surface area contributed by atoms with Crippen molar-refractivity contribution in [1.82, 2.24) is 5.32 Å². The van der Waals surface area contributed by atoms with Gasteiger partial charge in [-0.3, -0.25) is 0 Å². The van der Waals surface area contributed by atoms with Gasteiger partial charge in [0, 0.05) is 17.1 Å². The number of nitrogens with one attached hydrogen (secondary N) is 1. The van der Waals surface area contributed by atoms with Gasteiger partial charge in [-0.05, 0) is 19.4 Å². The Kier molecular flexibility index (Phi) is 7.86. The molecule has 0 spiro atoms. The highest BCUT2D eigenvalue weighted by atomic mass is 79.9. The van der Waals surface area contributed by atoms with Crippen LogP contribution in [0.1, 0.15) is 26.7 Å². The van der Waals surface area contributed by atoms with E-state index in [4.69, 9.17) is 0 Å². The van der Waals surface area contributed by atoms with Gasteiger partial charge in [-0.1, -0.05) is 29.8 Å². The van der Waals surface area contributed by atoms with Crippen molar-refractivity contribution in [3.63, 3.8) is 0 Å². The Morgan fingerprint density at radius 1 is 1.29 bits per heavy atom. The molecule has 14 heavy (non-hydrogen) atoms. The minimum absolute atomic E-state index is 0.241. The summed E-state index contributed by atoms with van der Waals surface area (Å²) in [5.74, 6) is 0.493. The van der Waals surface area contributed by atoms with Gasteiger partial charge in [0.05, 0.1) is 5.75 Å². The summed E-state index contributed by atoms with van der Waals surface area (Å²) >= 11 is 3.52. The maximum atomic E-state index is 11.1. The van der Waals surface area contributed by atoms with E-state index < -0.39 is 9.84 Å². The molecule has 0 aliphatic heterocycles. The molecule has 86 valence electrons. The van der Waals surface area contributed by atoms with Crippen LogP contribution in [0.15, 0.2) is 0 Å². The quantitative estimate of drug-likeness (QED) is 0.544. The molecule has 0 bridgehead atoms. The van der Waals surface area contributed by atoms with Crippen molar-refractivity contribution >= 4 is 25.8 Å². The highest BCUT2D eigenvalue weighted by Gasteiger charge is 2.06. The Balaban J connectivity index is 3.39. The van der Waals surface area contributed by atoms with Crippen molar-refractivity contribution < 1.29 is 8.42 Å². The molecule has 0 aliphatic carbocycles. The van der Waals surface area contributed by atoms with E-state index in [0.29, 0.717) is 11.4 Å². The van der Waals surface area contributed by atoms with Crippen LogP contribution in [0, 0.1) is 0 Å². The van der Waals surface area contributed by atoms with Crippen LogP contribution in [0.2, 0.25) is 0 Å². The van der Waals surface area contributed by atoms with Crippen molar-refractivity contribution in [3.05, 3.63) is 0 Å². The maximum absolute atomic E-state index is 11.1. The summed E-state index contributed by atoms with van der Waals surface area (Å²) in [5.41, 5.74) is 0. The molecule has 0 heterocycles. The standard InChI is InChI=1S/C9H20BrNO2S/c1-3-9(10)5-6-11-7-8-14(12,13)4-2/h9,11H,3-8H2,1-2H3. The average molecular weight is 286 g/mol. The molecule has 5 heteroatoms. The van der Waals surface area contributed by atoms with Crippen LogP contribution in [-0.2, 0) is 9.84 Å². The van der Waals surface area contributed by atoms with Crippen molar-refractivity contribution in [3.8, 4) is 0 Å². The van der Waals surface area contributed by atoms with Crippen molar-refractivity contribution in [2.24, 2.45) is 0 Å². The van der Waals surface area contributed by atoms with E-state index in [1.54, 1.807) is 6.92 Å². The van der Waals surface area contributed by atoms with Gasteiger partial charge < -0.3 is 5.32 Å². The third-order valence-corrected chi connectivity index (χ3v) is 4.92. The summed E-state index contributed by atoms with van der Waals surface area (Å²) in [6.45, 7) is 5.25. The Hall–Kier alpha value is 0.390. The number of rotatable bonds is 8. The van der Waals surface area contributed by atoms with E-state index in [-0.39, 0.29) is 11.5 Å². The lowest BCUT2D eigenvalue weighted by molar-refractivity contribution is 0.589.